The van der Waals surface area contributed by atoms with Gasteiger partial charge in [0.2, 0.25) is 0 Å². The third-order valence-corrected chi connectivity index (χ3v) is 3.75. The van der Waals surface area contributed by atoms with E-state index in [1.807, 2.05) is 0 Å². The SMILES string of the molecule is Cc1cc(C)c2c(c1)NC(C)(C)C(=S)C2. The Morgan fingerprint density at radius 1 is 1.27 bits per heavy atom. The van der Waals surface area contributed by atoms with Crippen LogP contribution in [0.3, 0.4) is 0 Å². The summed E-state index contributed by atoms with van der Waals surface area (Å²) in [5.74, 6) is 0. The third-order valence-electron chi connectivity index (χ3n) is 3.10. The van der Waals surface area contributed by atoms with Gasteiger partial charge in [0.1, 0.15) is 0 Å². The van der Waals surface area contributed by atoms with Crippen molar-refractivity contribution in [1.29, 1.82) is 0 Å². The maximum Gasteiger partial charge on any atom is 0.0635 e. The molecule has 80 valence electrons. The van der Waals surface area contributed by atoms with Crippen LogP contribution in [0.15, 0.2) is 12.1 Å². The number of fused-ring (bicyclic) bond motifs is 1. The van der Waals surface area contributed by atoms with E-state index in [0.29, 0.717) is 0 Å². The number of thiocarbonyl (C=S) groups is 1. The molecule has 0 amide bonds. The molecule has 1 nitrogen and oxygen atoms in total. The van der Waals surface area contributed by atoms with E-state index in [-0.39, 0.29) is 5.54 Å². The van der Waals surface area contributed by atoms with Crippen LogP contribution in [0.5, 0.6) is 0 Å². The zero-order valence-corrected chi connectivity index (χ0v) is 10.6. The van der Waals surface area contributed by atoms with Crippen molar-refractivity contribution in [2.24, 2.45) is 0 Å². The summed E-state index contributed by atoms with van der Waals surface area (Å²) in [7, 11) is 0. The van der Waals surface area contributed by atoms with E-state index in [1.165, 1.54) is 22.4 Å². The van der Waals surface area contributed by atoms with Crippen LogP contribution in [-0.2, 0) is 6.42 Å². The summed E-state index contributed by atoms with van der Waals surface area (Å²) in [4.78, 5) is 1.10. The number of hydrogen-bond acceptors (Lipinski definition) is 2. The van der Waals surface area contributed by atoms with Crippen molar-refractivity contribution in [2.45, 2.75) is 39.7 Å². The predicted octanol–water partition coefficient (Wildman–Crippen LogP) is 3.42. The molecule has 1 N–H and O–H groups in total. The molecule has 0 aliphatic carbocycles. The van der Waals surface area contributed by atoms with Crippen molar-refractivity contribution >= 4 is 22.8 Å². The summed E-state index contributed by atoms with van der Waals surface area (Å²) in [5.41, 5.74) is 5.22. The lowest BCUT2D eigenvalue weighted by Crippen LogP contribution is -2.43. The van der Waals surface area contributed by atoms with E-state index in [1.54, 1.807) is 0 Å². The first kappa shape index (κ1) is 10.6. The van der Waals surface area contributed by atoms with Crippen molar-refractivity contribution < 1.29 is 0 Å². The Bertz CT molecular complexity index is 432. The van der Waals surface area contributed by atoms with Crippen molar-refractivity contribution in [3.05, 3.63) is 28.8 Å². The lowest BCUT2D eigenvalue weighted by atomic mass is 9.86. The Labute approximate surface area is 96.9 Å². The molecule has 0 fully saturated rings. The monoisotopic (exact) mass is 219 g/mol. The molecule has 2 rings (SSSR count). The minimum Gasteiger partial charge on any atom is -0.375 e. The number of aryl methyl sites for hydroxylation is 2. The van der Waals surface area contributed by atoms with Gasteiger partial charge in [-0.05, 0) is 50.5 Å². The molecule has 0 aromatic heterocycles. The molecule has 1 aliphatic rings. The zero-order chi connectivity index (χ0) is 11.2. The van der Waals surface area contributed by atoms with Crippen LogP contribution in [0.25, 0.3) is 0 Å². The first-order valence-electron chi connectivity index (χ1n) is 5.32. The summed E-state index contributed by atoms with van der Waals surface area (Å²) < 4.78 is 0. The number of anilines is 1. The Balaban J connectivity index is 2.55. The van der Waals surface area contributed by atoms with Crippen LogP contribution in [-0.4, -0.2) is 10.4 Å². The molecule has 1 aromatic rings. The molecular weight excluding hydrogens is 202 g/mol. The number of rotatable bonds is 0. The second-order valence-electron chi connectivity index (χ2n) is 4.96. The number of nitrogens with one attached hydrogen (secondary N) is 1. The lowest BCUT2D eigenvalue weighted by molar-refractivity contribution is 0.742. The van der Waals surface area contributed by atoms with Gasteiger partial charge in [-0.15, -0.1) is 0 Å². The van der Waals surface area contributed by atoms with Crippen molar-refractivity contribution in [3.8, 4) is 0 Å². The fourth-order valence-electron chi connectivity index (χ4n) is 2.13. The third kappa shape index (κ3) is 1.78. The molecule has 2 heteroatoms. The van der Waals surface area contributed by atoms with Gasteiger partial charge in [-0.1, -0.05) is 18.3 Å². The summed E-state index contributed by atoms with van der Waals surface area (Å²) in [6.07, 6.45) is 0.927. The summed E-state index contributed by atoms with van der Waals surface area (Å²) in [6, 6.07) is 4.44. The minimum atomic E-state index is -0.0530. The quantitative estimate of drug-likeness (QED) is 0.671. The zero-order valence-electron chi connectivity index (χ0n) is 9.77. The van der Waals surface area contributed by atoms with Crippen LogP contribution >= 0.6 is 12.2 Å². The van der Waals surface area contributed by atoms with Gasteiger partial charge in [-0.25, -0.2) is 0 Å². The van der Waals surface area contributed by atoms with Gasteiger partial charge in [0.15, 0.2) is 0 Å². The molecule has 0 spiro atoms. The van der Waals surface area contributed by atoms with Crippen LogP contribution in [0.4, 0.5) is 5.69 Å². The highest BCUT2D eigenvalue weighted by Crippen LogP contribution is 2.32. The first-order chi connectivity index (χ1) is 6.90. The Kier molecular flexibility index (Phi) is 2.34. The van der Waals surface area contributed by atoms with E-state index >= 15 is 0 Å². The maximum atomic E-state index is 5.45. The molecule has 0 unspecified atom stereocenters. The maximum absolute atomic E-state index is 5.45. The van der Waals surface area contributed by atoms with Crippen LogP contribution in [0, 0.1) is 13.8 Å². The molecule has 1 heterocycles. The molecule has 1 aliphatic heterocycles. The Morgan fingerprint density at radius 3 is 2.60 bits per heavy atom. The average molecular weight is 219 g/mol. The highest BCUT2D eigenvalue weighted by atomic mass is 32.1. The van der Waals surface area contributed by atoms with Gasteiger partial charge in [0.25, 0.3) is 0 Å². The molecule has 0 bridgehead atoms. The van der Waals surface area contributed by atoms with Gasteiger partial charge < -0.3 is 5.32 Å². The highest BCUT2D eigenvalue weighted by molar-refractivity contribution is 7.80. The average Bonchev–Trinajstić information content (AvgIpc) is 2.08. The molecule has 0 saturated carbocycles. The molecular formula is C13H17NS. The second kappa shape index (κ2) is 3.31. The van der Waals surface area contributed by atoms with E-state index in [9.17, 15) is 0 Å². The van der Waals surface area contributed by atoms with E-state index in [2.05, 4.69) is 45.1 Å². The summed E-state index contributed by atoms with van der Waals surface area (Å²) in [6.45, 7) is 8.59. The summed E-state index contributed by atoms with van der Waals surface area (Å²) >= 11 is 5.45. The van der Waals surface area contributed by atoms with Gasteiger partial charge >= 0.3 is 0 Å². The Morgan fingerprint density at radius 2 is 1.93 bits per heavy atom. The van der Waals surface area contributed by atoms with Crippen molar-refractivity contribution in [2.75, 3.05) is 5.32 Å². The van der Waals surface area contributed by atoms with Crippen molar-refractivity contribution in [3.63, 3.8) is 0 Å². The van der Waals surface area contributed by atoms with E-state index < -0.39 is 0 Å². The second-order valence-corrected chi connectivity index (χ2v) is 5.45. The topological polar surface area (TPSA) is 12.0 Å². The first-order valence-corrected chi connectivity index (χ1v) is 5.72. The van der Waals surface area contributed by atoms with Gasteiger partial charge in [0.05, 0.1) is 5.54 Å². The molecule has 0 saturated heterocycles. The predicted molar refractivity (Wildman–Crippen MR) is 69.9 cm³/mol. The molecule has 0 radical (unpaired) electrons. The standard InChI is InChI=1S/C13H17NS/c1-8-5-9(2)10-7-12(15)13(3,4)14-11(10)6-8/h5-6,14H,7H2,1-4H3. The smallest absolute Gasteiger partial charge is 0.0635 e. The Hall–Kier alpha value is -0.890. The number of benzene rings is 1. The number of hydrogen-bond donors (Lipinski definition) is 1. The van der Waals surface area contributed by atoms with E-state index in [0.717, 1.165) is 11.3 Å². The molecule has 0 atom stereocenters. The van der Waals surface area contributed by atoms with Crippen LogP contribution in [0.2, 0.25) is 0 Å². The molecule has 1 aromatic carbocycles. The van der Waals surface area contributed by atoms with E-state index in [4.69, 9.17) is 12.2 Å². The van der Waals surface area contributed by atoms with Gasteiger partial charge in [0, 0.05) is 17.0 Å². The van der Waals surface area contributed by atoms with Crippen LogP contribution in [0.1, 0.15) is 30.5 Å². The van der Waals surface area contributed by atoms with Gasteiger partial charge in [-0.3, -0.25) is 0 Å². The molecule has 15 heavy (non-hydrogen) atoms. The normalized spacial score (nSPS) is 18.3. The van der Waals surface area contributed by atoms with Gasteiger partial charge in [-0.2, -0.15) is 0 Å². The van der Waals surface area contributed by atoms with Crippen LogP contribution < -0.4 is 5.32 Å². The lowest BCUT2D eigenvalue weighted by Gasteiger charge is -2.35. The fourth-order valence-corrected chi connectivity index (χ4v) is 2.33. The van der Waals surface area contributed by atoms with Crippen molar-refractivity contribution in [1.82, 2.24) is 0 Å². The summed E-state index contributed by atoms with van der Waals surface area (Å²) in [5, 5.41) is 3.53. The fraction of sp³-hybridized carbons (Fsp3) is 0.462. The highest BCUT2D eigenvalue weighted by Gasteiger charge is 2.29. The largest absolute Gasteiger partial charge is 0.375 e. The minimum absolute atomic E-state index is 0.0530.